The van der Waals surface area contributed by atoms with Gasteiger partial charge in [-0.1, -0.05) is 18.2 Å². The number of carbonyl (C=O) groups is 2. The van der Waals surface area contributed by atoms with E-state index in [-0.39, 0.29) is 24.0 Å². The van der Waals surface area contributed by atoms with Crippen molar-refractivity contribution in [3.8, 4) is 17.1 Å². The zero-order valence-corrected chi connectivity index (χ0v) is 16.3. The summed E-state index contributed by atoms with van der Waals surface area (Å²) >= 11 is 1.00. The number of para-hydroxylation sites is 1. The Kier molecular flexibility index (Phi) is 5.66. The fraction of sp³-hybridized carbons (Fsp3) is 0.200. The van der Waals surface area contributed by atoms with Gasteiger partial charge in [-0.25, -0.2) is 0 Å². The van der Waals surface area contributed by atoms with Crippen molar-refractivity contribution < 1.29 is 23.1 Å². The Morgan fingerprint density at radius 1 is 1.17 bits per heavy atom. The van der Waals surface area contributed by atoms with Crippen LogP contribution in [0, 0.1) is 5.92 Å². The van der Waals surface area contributed by atoms with Gasteiger partial charge in [0.1, 0.15) is 5.75 Å². The summed E-state index contributed by atoms with van der Waals surface area (Å²) < 4.78 is 33.0. The van der Waals surface area contributed by atoms with E-state index in [1.807, 2.05) is 30.3 Å². The van der Waals surface area contributed by atoms with Gasteiger partial charge < -0.3 is 15.0 Å². The molecule has 1 atom stereocenters. The van der Waals surface area contributed by atoms with Gasteiger partial charge in [-0.3, -0.25) is 9.59 Å². The zero-order chi connectivity index (χ0) is 21.1. The van der Waals surface area contributed by atoms with Gasteiger partial charge in [-0.2, -0.15) is 18.1 Å². The highest BCUT2D eigenvalue weighted by Crippen LogP contribution is 2.27. The number of amides is 2. The fourth-order valence-corrected chi connectivity index (χ4v) is 3.72. The van der Waals surface area contributed by atoms with Gasteiger partial charge in [0.2, 0.25) is 16.9 Å². The van der Waals surface area contributed by atoms with Crippen LogP contribution in [0.1, 0.15) is 6.42 Å². The van der Waals surface area contributed by atoms with Crippen LogP contribution in [0.3, 0.4) is 0 Å². The highest BCUT2D eigenvalue weighted by Gasteiger charge is 2.35. The van der Waals surface area contributed by atoms with E-state index in [1.54, 1.807) is 17.0 Å². The molecule has 2 amide bonds. The molecule has 4 rings (SSSR count). The second kappa shape index (κ2) is 8.54. The van der Waals surface area contributed by atoms with Crippen LogP contribution in [0.15, 0.2) is 54.6 Å². The summed E-state index contributed by atoms with van der Waals surface area (Å²) in [6, 6.07) is 15.1. The number of carbonyl (C=O) groups excluding carboxylic acids is 2. The predicted octanol–water partition coefficient (Wildman–Crippen LogP) is 3.80. The van der Waals surface area contributed by atoms with E-state index < -0.39 is 12.5 Å². The zero-order valence-electron chi connectivity index (χ0n) is 15.5. The number of nitrogens with one attached hydrogen (secondary N) is 1. The van der Waals surface area contributed by atoms with E-state index in [0.717, 1.165) is 17.2 Å². The van der Waals surface area contributed by atoms with Crippen LogP contribution < -0.4 is 15.0 Å². The van der Waals surface area contributed by atoms with Crippen molar-refractivity contribution in [1.82, 2.24) is 9.36 Å². The van der Waals surface area contributed by atoms with Crippen molar-refractivity contribution in [3.63, 3.8) is 0 Å². The van der Waals surface area contributed by atoms with Crippen molar-refractivity contribution in [2.75, 3.05) is 16.8 Å². The van der Waals surface area contributed by atoms with E-state index in [1.165, 1.54) is 12.1 Å². The van der Waals surface area contributed by atoms with Gasteiger partial charge in [-0.15, -0.1) is 0 Å². The molecule has 10 heteroatoms. The molecular formula is C20H16F2N4O3S. The molecule has 7 nitrogen and oxygen atoms in total. The first-order chi connectivity index (χ1) is 14.5. The van der Waals surface area contributed by atoms with Gasteiger partial charge in [-0.05, 0) is 36.4 Å². The molecular weight excluding hydrogens is 414 g/mol. The third-order valence-corrected chi connectivity index (χ3v) is 5.19. The number of alkyl halides is 2. The highest BCUT2D eigenvalue weighted by atomic mass is 32.1. The van der Waals surface area contributed by atoms with Crippen molar-refractivity contribution in [1.29, 1.82) is 0 Å². The molecule has 3 aromatic rings. The smallest absolute Gasteiger partial charge is 0.387 e. The van der Waals surface area contributed by atoms with Crippen LogP contribution in [0.2, 0.25) is 0 Å². The molecule has 0 radical (unpaired) electrons. The second-order valence-electron chi connectivity index (χ2n) is 6.56. The molecule has 1 aromatic heterocycles. The van der Waals surface area contributed by atoms with Crippen LogP contribution in [-0.4, -0.2) is 34.3 Å². The minimum absolute atomic E-state index is 0.0337. The Bertz CT molecular complexity index is 1040. The maximum atomic E-state index is 12.6. The number of halogens is 2. The van der Waals surface area contributed by atoms with Crippen LogP contribution in [0.25, 0.3) is 11.4 Å². The maximum absolute atomic E-state index is 12.6. The molecule has 1 aliphatic rings. The van der Waals surface area contributed by atoms with Gasteiger partial charge in [0.05, 0.1) is 5.92 Å². The van der Waals surface area contributed by atoms with Crippen molar-refractivity contribution in [2.24, 2.45) is 5.92 Å². The second-order valence-corrected chi connectivity index (χ2v) is 7.31. The van der Waals surface area contributed by atoms with Crippen LogP contribution in [0.5, 0.6) is 5.75 Å². The first-order valence-corrected chi connectivity index (χ1v) is 9.82. The Hall–Kier alpha value is -3.40. The summed E-state index contributed by atoms with van der Waals surface area (Å²) in [5, 5.41) is 3.01. The number of ether oxygens (including phenoxy) is 1. The first-order valence-electron chi connectivity index (χ1n) is 9.05. The lowest BCUT2D eigenvalue weighted by atomic mass is 10.1. The SMILES string of the molecule is O=C(Nc1nc(-c2ccc(OC(F)F)cc2)ns1)C1CC(=O)N(c2ccccc2)C1. The first kappa shape index (κ1) is 19.9. The molecule has 30 heavy (non-hydrogen) atoms. The largest absolute Gasteiger partial charge is 0.435 e. The van der Waals surface area contributed by atoms with E-state index in [0.29, 0.717) is 23.1 Å². The highest BCUT2D eigenvalue weighted by molar-refractivity contribution is 7.10. The quantitative estimate of drug-likeness (QED) is 0.643. The molecule has 0 saturated carbocycles. The van der Waals surface area contributed by atoms with E-state index in [9.17, 15) is 18.4 Å². The number of anilines is 2. The minimum atomic E-state index is -2.89. The number of nitrogens with zero attached hydrogens (tertiary/aromatic N) is 3. The van der Waals surface area contributed by atoms with Gasteiger partial charge in [0.15, 0.2) is 5.82 Å². The van der Waals surface area contributed by atoms with Crippen molar-refractivity contribution in [2.45, 2.75) is 13.0 Å². The fourth-order valence-electron chi connectivity index (χ4n) is 3.13. The molecule has 154 valence electrons. The van der Waals surface area contributed by atoms with Crippen LogP contribution >= 0.6 is 11.5 Å². The number of hydrogen-bond acceptors (Lipinski definition) is 6. The molecule has 1 saturated heterocycles. The molecule has 2 aromatic carbocycles. The summed E-state index contributed by atoms with van der Waals surface area (Å²) in [6.07, 6.45) is 0.123. The topological polar surface area (TPSA) is 84.4 Å². The number of aromatic nitrogens is 2. The lowest BCUT2D eigenvalue weighted by molar-refractivity contribution is -0.122. The summed E-state index contributed by atoms with van der Waals surface area (Å²) in [6.45, 7) is -2.60. The summed E-state index contributed by atoms with van der Waals surface area (Å²) in [5.74, 6) is -0.509. The minimum Gasteiger partial charge on any atom is -0.435 e. The maximum Gasteiger partial charge on any atom is 0.387 e. The normalized spacial score (nSPS) is 16.2. The Balaban J connectivity index is 1.39. The average Bonchev–Trinajstić information content (AvgIpc) is 3.35. The Morgan fingerprint density at radius 2 is 1.90 bits per heavy atom. The summed E-state index contributed by atoms with van der Waals surface area (Å²) in [4.78, 5) is 30.7. The Morgan fingerprint density at radius 3 is 2.60 bits per heavy atom. The average molecular weight is 430 g/mol. The Labute approximate surface area is 174 Å². The van der Waals surface area contributed by atoms with Gasteiger partial charge in [0.25, 0.3) is 0 Å². The van der Waals surface area contributed by atoms with Crippen LogP contribution in [0.4, 0.5) is 19.6 Å². The third kappa shape index (κ3) is 4.43. The molecule has 0 spiro atoms. The van der Waals surface area contributed by atoms with E-state index in [2.05, 4.69) is 19.4 Å². The lowest BCUT2D eigenvalue weighted by Crippen LogP contribution is -2.28. The molecule has 0 aliphatic carbocycles. The van der Waals surface area contributed by atoms with Crippen LogP contribution in [-0.2, 0) is 9.59 Å². The molecule has 1 N–H and O–H groups in total. The molecule has 2 heterocycles. The number of hydrogen-bond donors (Lipinski definition) is 1. The predicted molar refractivity (Wildman–Crippen MR) is 108 cm³/mol. The van der Waals surface area contributed by atoms with Crippen molar-refractivity contribution >= 4 is 34.2 Å². The molecule has 1 unspecified atom stereocenters. The summed E-state index contributed by atoms with van der Waals surface area (Å²) in [7, 11) is 0. The number of benzene rings is 2. The van der Waals surface area contributed by atoms with Crippen molar-refractivity contribution in [3.05, 3.63) is 54.6 Å². The molecule has 1 fully saturated rings. The van der Waals surface area contributed by atoms with E-state index >= 15 is 0 Å². The third-order valence-electron chi connectivity index (χ3n) is 4.56. The standard InChI is InChI=1S/C20H16F2N4O3S/c21-19(22)29-15-8-6-12(7-9-15)17-23-20(30-25-17)24-18(28)13-10-16(27)26(11-13)14-4-2-1-3-5-14/h1-9,13,19H,10-11H2,(H,23,24,25,28). The van der Waals surface area contributed by atoms with E-state index in [4.69, 9.17) is 0 Å². The number of rotatable bonds is 6. The molecule has 1 aliphatic heterocycles. The monoisotopic (exact) mass is 430 g/mol. The van der Waals surface area contributed by atoms with Gasteiger partial charge >= 0.3 is 6.61 Å². The lowest BCUT2D eigenvalue weighted by Gasteiger charge is -2.16. The van der Waals surface area contributed by atoms with Gasteiger partial charge in [0, 0.05) is 35.7 Å². The molecule has 0 bridgehead atoms. The summed E-state index contributed by atoms with van der Waals surface area (Å²) in [5.41, 5.74) is 1.36.